The van der Waals surface area contributed by atoms with E-state index in [4.69, 9.17) is 0 Å². The summed E-state index contributed by atoms with van der Waals surface area (Å²) in [5.74, 6) is -2.50. The average molecular weight is 465 g/mol. The molecule has 1 amide bonds. The van der Waals surface area contributed by atoms with Crippen LogP contribution in [0.2, 0.25) is 0 Å². The zero-order valence-corrected chi connectivity index (χ0v) is 19.1. The maximum atomic E-state index is 13.5. The first-order valence-electron chi connectivity index (χ1n) is 11.0. The molecule has 1 aliphatic carbocycles. The van der Waals surface area contributed by atoms with E-state index in [2.05, 4.69) is 5.32 Å². The van der Waals surface area contributed by atoms with Gasteiger partial charge in [-0.2, -0.15) is 0 Å². The number of Topliss-reactive ketones (excluding diaryl/α,β-unsaturated/α-hetero) is 1. The van der Waals surface area contributed by atoms with E-state index in [9.17, 15) is 18.4 Å². The van der Waals surface area contributed by atoms with E-state index in [1.807, 2.05) is 91.0 Å². The molecule has 1 saturated carbocycles. The van der Waals surface area contributed by atoms with Crippen molar-refractivity contribution < 1.29 is 18.4 Å². The van der Waals surface area contributed by atoms with Crippen molar-refractivity contribution in [1.82, 2.24) is 5.32 Å². The highest BCUT2D eigenvalue weighted by Crippen LogP contribution is 2.43. The summed E-state index contributed by atoms with van der Waals surface area (Å²) in [5.41, 5.74) is 0. The van der Waals surface area contributed by atoms with Gasteiger partial charge in [-0.1, -0.05) is 91.0 Å². The van der Waals surface area contributed by atoms with E-state index in [-0.39, 0.29) is 25.7 Å². The minimum atomic E-state index is -2.69. The van der Waals surface area contributed by atoms with E-state index in [1.165, 1.54) is 0 Å². The number of hydrogen-bond donors (Lipinski definition) is 1. The number of halogens is 2. The van der Waals surface area contributed by atoms with Crippen molar-refractivity contribution >= 4 is 40.3 Å². The molecule has 0 spiro atoms. The topological polar surface area (TPSA) is 46.2 Å². The fraction of sp³-hybridized carbons (Fsp3) is 0.222. The van der Waals surface area contributed by atoms with Crippen LogP contribution in [-0.2, 0) is 9.59 Å². The Balaban J connectivity index is 1.78. The lowest BCUT2D eigenvalue weighted by Gasteiger charge is -2.29. The zero-order valence-electron chi connectivity index (χ0n) is 18.2. The van der Waals surface area contributed by atoms with E-state index >= 15 is 0 Å². The van der Waals surface area contributed by atoms with Gasteiger partial charge in [0, 0.05) is 24.7 Å². The number of benzene rings is 3. The van der Waals surface area contributed by atoms with Gasteiger partial charge in [0.2, 0.25) is 11.7 Å². The highest BCUT2D eigenvalue weighted by Gasteiger charge is 2.36. The highest BCUT2D eigenvalue weighted by atomic mass is 31.2. The zero-order chi connectivity index (χ0) is 23.3. The van der Waals surface area contributed by atoms with Gasteiger partial charge >= 0.3 is 0 Å². The predicted octanol–water partition coefficient (Wildman–Crippen LogP) is 4.05. The van der Waals surface area contributed by atoms with Crippen LogP contribution in [-0.4, -0.2) is 29.5 Å². The van der Waals surface area contributed by atoms with Gasteiger partial charge < -0.3 is 5.32 Å². The summed E-state index contributed by atoms with van der Waals surface area (Å²) >= 11 is 0. The first-order chi connectivity index (χ1) is 15.9. The van der Waals surface area contributed by atoms with E-state index in [0.29, 0.717) is 0 Å². The molecular formula is C27H26F2NO2P. The van der Waals surface area contributed by atoms with Gasteiger partial charge in [0.1, 0.15) is 0 Å². The number of alkyl halides is 2. The number of ketones is 1. The van der Waals surface area contributed by atoms with Gasteiger partial charge in [-0.15, -0.1) is 0 Å². The van der Waals surface area contributed by atoms with Crippen LogP contribution < -0.4 is 21.2 Å². The van der Waals surface area contributed by atoms with E-state index < -0.39 is 30.5 Å². The molecule has 33 heavy (non-hydrogen) atoms. The molecule has 1 aliphatic rings. The lowest BCUT2D eigenvalue weighted by molar-refractivity contribution is -0.135. The Labute approximate surface area is 192 Å². The molecule has 0 saturated heterocycles. The fourth-order valence-electron chi connectivity index (χ4n) is 4.34. The molecule has 1 fully saturated rings. The third-order valence-corrected chi connectivity index (χ3v) is 10.0. The van der Waals surface area contributed by atoms with Crippen molar-refractivity contribution in [1.29, 1.82) is 0 Å². The molecule has 0 unspecified atom stereocenters. The van der Waals surface area contributed by atoms with Crippen molar-refractivity contribution in [2.75, 3.05) is 0 Å². The summed E-state index contributed by atoms with van der Waals surface area (Å²) in [6, 6.07) is 28.8. The third-order valence-electron chi connectivity index (χ3n) is 6.08. The largest absolute Gasteiger partial charge is 0.346 e. The van der Waals surface area contributed by atoms with Crippen LogP contribution in [0.4, 0.5) is 8.78 Å². The minimum Gasteiger partial charge on any atom is -0.346 e. The SMILES string of the molecule is O=C(C=P(c1ccccc1)(c1ccccc1)c1ccccc1)C(=O)NC1CCC(F)(F)CC1. The number of amides is 1. The molecule has 3 aromatic rings. The van der Waals surface area contributed by atoms with Crippen LogP contribution in [0.3, 0.4) is 0 Å². The van der Waals surface area contributed by atoms with Gasteiger partial charge in [0.15, 0.2) is 0 Å². The average Bonchev–Trinajstić information content (AvgIpc) is 2.85. The second kappa shape index (κ2) is 9.84. The fourth-order valence-corrected chi connectivity index (χ4v) is 8.07. The van der Waals surface area contributed by atoms with Gasteiger partial charge in [0.05, 0.1) is 0 Å². The van der Waals surface area contributed by atoms with Crippen molar-refractivity contribution in [2.24, 2.45) is 0 Å². The summed E-state index contributed by atoms with van der Waals surface area (Å²) in [6.45, 7) is -2.59. The van der Waals surface area contributed by atoms with Crippen LogP contribution >= 0.6 is 6.89 Å². The monoisotopic (exact) mass is 465 g/mol. The van der Waals surface area contributed by atoms with Crippen molar-refractivity contribution in [3.63, 3.8) is 0 Å². The first-order valence-corrected chi connectivity index (χ1v) is 12.9. The standard InChI is InChI=1S/C27H26F2NO2P/c28-27(29)18-16-21(17-19-27)30-26(32)25(31)20-33(22-10-4-1-5-11-22,23-12-6-2-7-13-23)24-14-8-3-9-15-24/h1-15,20-21H,16-19H2,(H,30,32). The van der Waals surface area contributed by atoms with Crippen molar-refractivity contribution in [3.8, 4) is 0 Å². The second-order valence-corrected chi connectivity index (χ2v) is 11.6. The minimum absolute atomic E-state index is 0.169. The molecular weight excluding hydrogens is 439 g/mol. The Hall–Kier alpha value is -3.04. The number of carbonyl (C=O) groups is 2. The Bertz CT molecular complexity index is 1050. The van der Waals surface area contributed by atoms with Crippen molar-refractivity contribution in [3.05, 3.63) is 91.0 Å². The highest BCUT2D eigenvalue weighted by molar-refractivity contribution is 7.95. The van der Waals surface area contributed by atoms with Gasteiger partial charge in [-0.25, -0.2) is 8.78 Å². The Morgan fingerprint density at radius 1 is 0.758 bits per heavy atom. The molecule has 3 nitrogen and oxygen atoms in total. The number of carbonyl (C=O) groups excluding carboxylic acids is 2. The van der Waals surface area contributed by atoms with Gasteiger partial charge in [-0.3, -0.25) is 9.59 Å². The molecule has 0 atom stereocenters. The van der Waals surface area contributed by atoms with Crippen molar-refractivity contribution in [2.45, 2.75) is 37.6 Å². The summed E-state index contributed by atoms with van der Waals surface area (Å²) in [6.07, 6.45) is -0.208. The maximum absolute atomic E-state index is 13.5. The maximum Gasteiger partial charge on any atom is 0.292 e. The lowest BCUT2D eigenvalue weighted by Crippen LogP contribution is -2.44. The normalized spacial score (nSPS) is 16.1. The van der Waals surface area contributed by atoms with Gasteiger partial charge in [-0.05, 0) is 35.6 Å². The summed E-state index contributed by atoms with van der Waals surface area (Å²) in [4.78, 5) is 26.2. The number of nitrogens with one attached hydrogen (secondary N) is 1. The summed E-state index contributed by atoms with van der Waals surface area (Å²) in [5, 5.41) is 5.58. The molecule has 0 radical (unpaired) electrons. The summed E-state index contributed by atoms with van der Waals surface area (Å²) in [7, 11) is 0. The molecule has 0 aromatic heterocycles. The van der Waals surface area contributed by atoms with E-state index in [1.54, 1.807) is 5.80 Å². The molecule has 3 aromatic carbocycles. The molecule has 0 heterocycles. The predicted molar refractivity (Wildman–Crippen MR) is 132 cm³/mol. The Morgan fingerprint density at radius 2 is 1.15 bits per heavy atom. The molecule has 1 N–H and O–H groups in total. The Morgan fingerprint density at radius 3 is 1.55 bits per heavy atom. The molecule has 170 valence electrons. The Kier molecular flexibility index (Phi) is 6.90. The number of hydrogen-bond acceptors (Lipinski definition) is 2. The third kappa shape index (κ3) is 5.15. The van der Waals surface area contributed by atoms with Crippen LogP contribution in [0.1, 0.15) is 25.7 Å². The van der Waals surface area contributed by atoms with Crippen LogP contribution in [0, 0.1) is 0 Å². The molecule has 4 rings (SSSR count). The van der Waals surface area contributed by atoms with Crippen LogP contribution in [0.5, 0.6) is 0 Å². The molecule has 0 aliphatic heterocycles. The van der Waals surface area contributed by atoms with E-state index in [0.717, 1.165) is 15.9 Å². The molecule has 6 heteroatoms. The first kappa shape index (κ1) is 23.1. The second-order valence-electron chi connectivity index (χ2n) is 8.33. The molecule has 0 bridgehead atoms. The summed E-state index contributed by atoms with van der Waals surface area (Å²) < 4.78 is 27.0. The number of rotatable bonds is 6. The quantitative estimate of drug-likeness (QED) is 0.441. The lowest BCUT2D eigenvalue weighted by atomic mass is 9.92. The van der Waals surface area contributed by atoms with Gasteiger partial charge in [0.25, 0.3) is 5.91 Å². The van der Waals surface area contributed by atoms with Crippen LogP contribution in [0.15, 0.2) is 91.0 Å². The van der Waals surface area contributed by atoms with Crippen LogP contribution in [0.25, 0.3) is 0 Å². The smallest absolute Gasteiger partial charge is 0.292 e.